The molecule has 2 atom stereocenters. The van der Waals surface area contributed by atoms with E-state index in [0.29, 0.717) is 25.9 Å². The van der Waals surface area contributed by atoms with Crippen molar-refractivity contribution in [2.45, 2.75) is 353 Å². The summed E-state index contributed by atoms with van der Waals surface area (Å²) in [4.78, 5) is 24.5. The van der Waals surface area contributed by atoms with Gasteiger partial charge in [-0.3, -0.25) is 9.59 Å². The molecule has 3 N–H and O–H groups in total. The van der Waals surface area contributed by atoms with Crippen LogP contribution in [0, 0.1) is 0 Å². The molecule has 2 unspecified atom stereocenters. The smallest absolute Gasteiger partial charge is 0.305 e. The quantitative estimate of drug-likeness (QED) is 0.0417. The molecule has 0 aromatic rings. The van der Waals surface area contributed by atoms with E-state index in [-0.39, 0.29) is 18.5 Å². The van der Waals surface area contributed by atoms with Gasteiger partial charge in [0, 0.05) is 12.8 Å². The first-order valence-corrected chi connectivity index (χ1v) is 29.8. The van der Waals surface area contributed by atoms with Crippen LogP contribution in [0.25, 0.3) is 0 Å². The van der Waals surface area contributed by atoms with Gasteiger partial charge in [0.15, 0.2) is 0 Å². The van der Waals surface area contributed by atoms with E-state index in [2.05, 4.69) is 19.2 Å². The highest BCUT2D eigenvalue weighted by atomic mass is 16.5. The van der Waals surface area contributed by atoms with E-state index in [1.54, 1.807) is 0 Å². The number of carbonyl (C=O) groups excluding carboxylic acids is 2. The molecule has 0 rings (SSSR count). The van der Waals surface area contributed by atoms with Gasteiger partial charge in [-0.1, -0.05) is 303 Å². The first-order chi connectivity index (χ1) is 32.0. The van der Waals surface area contributed by atoms with Gasteiger partial charge in [0.2, 0.25) is 5.91 Å². The molecule has 0 saturated heterocycles. The van der Waals surface area contributed by atoms with Crippen molar-refractivity contribution in [3.05, 3.63) is 0 Å². The maximum Gasteiger partial charge on any atom is 0.305 e. The van der Waals surface area contributed by atoms with Gasteiger partial charge in [0.25, 0.3) is 0 Å². The van der Waals surface area contributed by atoms with Gasteiger partial charge in [-0.25, -0.2) is 0 Å². The molecule has 0 aromatic carbocycles. The molecule has 65 heavy (non-hydrogen) atoms. The molecule has 0 fully saturated rings. The zero-order chi connectivity index (χ0) is 47.2. The van der Waals surface area contributed by atoms with Crippen LogP contribution in [0.3, 0.4) is 0 Å². The summed E-state index contributed by atoms with van der Waals surface area (Å²) < 4.78 is 5.48. The fraction of sp³-hybridized carbons (Fsp3) is 0.966. The van der Waals surface area contributed by atoms with Crippen molar-refractivity contribution >= 4 is 11.9 Å². The SMILES string of the molecule is CCCCCCCCCCCCCCCCCCCCC(O)C(CO)NC(=O)CCCCCCCCCCCCCCCCCCOC(=O)CCCCCCCCCCCCCCCC. The van der Waals surface area contributed by atoms with Crippen LogP contribution in [-0.2, 0) is 14.3 Å². The van der Waals surface area contributed by atoms with Crippen LogP contribution < -0.4 is 5.32 Å². The maximum absolute atomic E-state index is 12.5. The largest absolute Gasteiger partial charge is 0.466 e. The summed E-state index contributed by atoms with van der Waals surface area (Å²) in [5, 5.41) is 23.3. The number of amides is 1. The average molecular weight is 921 g/mol. The Kier molecular flexibility index (Phi) is 54.5. The topological polar surface area (TPSA) is 95.9 Å². The fourth-order valence-electron chi connectivity index (χ4n) is 9.58. The van der Waals surface area contributed by atoms with Crippen LogP contribution in [0.15, 0.2) is 0 Å². The van der Waals surface area contributed by atoms with Crippen molar-refractivity contribution in [1.29, 1.82) is 0 Å². The lowest BCUT2D eigenvalue weighted by atomic mass is 10.0. The number of rotatable bonds is 56. The molecule has 1 amide bonds. The van der Waals surface area contributed by atoms with E-state index in [4.69, 9.17) is 4.74 Å². The Hall–Kier alpha value is -1.14. The Morgan fingerprint density at radius 2 is 0.631 bits per heavy atom. The van der Waals surface area contributed by atoms with E-state index < -0.39 is 12.1 Å². The van der Waals surface area contributed by atoms with Crippen molar-refractivity contribution in [3.8, 4) is 0 Å². The van der Waals surface area contributed by atoms with E-state index in [1.807, 2.05) is 0 Å². The minimum absolute atomic E-state index is 0.00662. The highest BCUT2D eigenvalue weighted by Crippen LogP contribution is 2.18. The molecule has 6 nitrogen and oxygen atoms in total. The van der Waals surface area contributed by atoms with E-state index in [1.165, 1.54) is 270 Å². The molecule has 0 aliphatic carbocycles. The second kappa shape index (κ2) is 55.5. The summed E-state index contributed by atoms with van der Waals surface area (Å²) in [6.45, 7) is 4.97. The zero-order valence-electron chi connectivity index (χ0n) is 44.3. The lowest BCUT2D eigenvalue weighted by Crippen LogP contribution is -2.45. The van der Waals surface area contributed by atoms with Gasteiger partial charge in [-0.05, 0) is 25.7 Å². The van der Waals surface area contributed by atoms with Crippen LogP contribution in [0.1, 0.15) is 341 Å². The van der Waals surface area contributed by atoms with Gasteiger partial charge in [-0.2, -0.15) is 0 Å². The van der Waals surface area contributed by atoms with Crippen LogP contribution in [0.4, 0.5) is 0 Å². The summed E-state index contributed by atoms with van der Waals surface area (Å²) in [6.07, 6.45) is 63.8. The standard InChI is InChI=1S/C59H117NO5/c1-3-5-7-9-11-13-15-17-19-20-21-24-27-31-35-39-43-47-51-57(62)56(55-61)60-58(63)52-48-44-40-36-32-28-25-22-23-26-30-34-38-42-46-50-54-65-59(64)53-49-45-41-37-33-29-18-16-14-12-10-8-6-4-2/h56-57,61-62H,3-55H2,1-2H3,(H,60,63). The Labute approximate surface area is 406 Å². The second-order valence-electron chi connectivity index (χ2n) is 20.7. The minimum atomic E-state index is -0.668. The zero-order valence-corrected chi connectivity index (χ0v) is 44.3. The summed E-state index contributed by atoms with van der Waals surface area (Å²) in [7, 11) is 0. The molecule has 0 aromatic heterocycles. The van der Waals surface area contributed by atoms with Crippen molar-refractivity contribution in [2.24, 2.45) is 0 Å². The Balaban J connectivity index is 3.41. The summed E-state index contributed by atoms with van der Waals surface area (Å²) in [6, 6.07) is -0.545. The third-order valence-electron chi connectivity index (χ3n) is 14.2. The minimum Gasteiger partial charge on any atom is -0.466 e. The summed E-state index contributed by atoms with van der Waals surface area (Å²) in [5.74, 6) is -0.0313. The van der Waals surface area contributed by atoms with Crippen molar-refractivity contribution < 1.29 is 24.5 Å². The highest BCUT2D eigenvalue weighted by Gasteiger charge is 2.20. The normalized spacial score (nSPS) is 12.5. The molecule has 0 bridgehead atoms. The number of aliphatic hydroxyl groups is 2. The third kappa shape index (κ3) is 52.1. The predicted molar refractivity (Wildman–Crippen MR) is 283 cm³/mol. The van der Waals surface area contributed by atoms with Gasteiger partial charge in [0.05, 0.1) is 25.4 Å². The van der Waals surface area contributed by atoms with E-state index >= 15 is 0 Å². The maximum atomic E-state index is 12.5. The van der Waals surface area contributed by atoms with Crippen LogP contribution >= 0.6 is 0 Å². The number of carbonyl (C=O) groups is 2. The molecule has 6 heteroatoms. The van der Waals surface area contributed by atoms with E-state index in [0.717, 1.165) is 38.5 Å². The van der Waals surface area contributed by atoms with Crippen LogP contribution in [0.2, 0.25) is 0 Å². The first-order valence-electron chi connectivity index (χ1n) is 29.8. The second-order valence-corrected chi connectivity index (χ2v) is 20.7. The van der Waals surface area contributed by atoms with Crippen molar-refractivity contribution in [3.63, 3.8) is 0 Å². The third-order valence-corrected chi connectivity index (χ3v) is 14.2. The molecular weight excluding hydrogens is 803 g/mol. The number of esters is 1. The monoisotopic (exact) mass is 920 g/mol. The Morgan fingerprint density at radius 3 is 0.938 bits per heavy atom. The number of unbranched alkanes of at least 4 members (excludes halogenated alkanes) is 45. The van der Waals surface area contributed by atoms with Crippen LogP contribution in [0.5, 0.6) is 0 Å². The number of ether oxygens (including phenoxy) is 1. The van der Waals surface area contributed by atoms with Gasteiger partial charge in [0.1, 0.15) is 0 Å². The molecule has 0 aliphatic heterocycles. The number of hydrogen-bond donors (Lipinski definition) is 3. The molecule has 0 aliphatic rings. The number of aliphatic hydroxyl groups excluding tert-OH is 2. The molecule has 0 saturated carbocycles. The summed E-state index contributed by atoms with van der Waals surface area (Å²) in [5.41, 5.74) is 0. The first kappa shape index (κ1) is 63.9. The van der Waals surface area contributed by atoms with Crippen molar-refractivity contribution in [1.82, 2.24) is 5.32 Å². The Bertz CT molecular complexity index is 928. The molecular formula is C59H117NO5. The van der Waals surface area contributed by atoms with E-state index in [9.17, 15) is 19.8 Å². The predicted octanol–water partition coefficient (Wildman–Crippen LogP) is 18.3. The lowest BCUT2D eigenvalue weighted by molar-refractivity contribution is -0.143. The van der Waals surface area contributed by atoms with Gasteiger partial charge < -0.3 is 20.3 Å². The lowest BCUT2D eigenvalue weighted by Gasteiger charge is -2.22. The highest BCUT2D eigenvalue weighted by molar-refractivity contribution is 5.76. The molecule has 0 spiro atoms. The molecule has 388 valence electrons. The fourth-order valence-corrected chi connectivity index (χ4v) is 9.58. The number of nitrogens with one attached hydrogen (secondary N) is 1. The van der Waals surface area contributed by atoms with Gasteiger partial charge in [-0.15, -0.1) is 0 Å². The van der Waals surface area contributed by atoms with Crippen molar-refractivity contribution in [2.75, 3.05) is 13.2 Å². The van der Waals surface area contributed by atoms with Crippen LogP contribution in [-0.4, -0.2) is 47.4 Å². The molecule has 0 heterocycles. The molecule has 0 radical (unpaired) electrons. The van der Waals surface area contributed by atoms with Gasteiger partial charge >= 0.3 is 5.97 Å². The summed E-state index contributed by atoms with van der Waals surface area (Å²) >= 11 is 0. The number of hydrogen-bond acceptors (Lipinski definition) is 5. The Morgan fingerprint density at radius 1 is 0.369 bits per heavy atom. The average Bonchev–Trinajstić information content (AvgIpc) is 3.31.